The first-order valence-electron chi connectivity index (χ1n) is 10.4. The number of halogens is 1. The van der Waals surface area contributed by atoms with Gasteiger partial charge in [-0.1, -0.05) is 41.2 Å². The Balaban J connectivity index is 1.28. The molecule has 0 aliphatic carbocycles. The number of anilines is 1. The molecule has 7 nitrogen and oxygen atoms in total. The van der Waals surface area contributed by atoms with E-state index in [1.165, 1.54) is 24.3 Å². The van der Waals surface area contributed by atoms with Crippen LogP contribution in [0, 0.1) is 12.7 Å². The lowest BCUT2D eigenvalue weighted by Crippen LogP contribution is -2.22. The van der Waals surface area contributed by atoms with E-state index in [9.17, 15) is 14.0 Å². The number of nitrogens with zero attached hydrogens (tertiary/aromatic N) is 2. The van der Waals surface area contributed by atoms with E-state index in [0.29, 0.717) is 28.6 Å². The molecule has 0 saturated carbocycles. The van der Waals surface area contributed by atoms with Crippen molar-refractivity contribution in [3.05, 3.63) is 105 Å². The lowest BCUT2D eigenvalue weighted by molar-refractivity contribution is 0.0950. The van der Waals surface area contributed by atoms with Gasteiger partial charge >= 0.3 is 0 Å². The molecule has 0 aliphatic rings. The minimum Gasteiger partial charge on any atom is -0.486 e. The van der Waals surface area contributed by atoms with Gasteiger partial charge in [0, 0.05) is 17.8 Å². The fourth-order valence-corrected chi connectivity index (χ4v) is 3.61. The van der Waals surface area contributed by atoms with Gasteiger partial charge in [0.05, 0.1) is 0 Å². The minimum atomic E-state index is -0.415. The maximum atomic E-state index is 13.0. The van der Waals surface area contributed by atoms with Gasteiger partial charge in [-0.15, -0.1) is 10.2 Å². The van der Waals surface area contributed by atoms with Gasteiger partial charge in [-0.25, -0.2) is 4.39 Å². The summed E-state index contributed by atoms with van der Waals surface area (Å²) < 4.78 is 18.5. The Morgan fingerprint density at radius 1 is 0.912 bits per heavy atom. The van der Waals surface area contributed by atoms with Crippen LogP contribution in [0.15, 0.2) is 72.8 Å². The Bertz CT molecular complexity index is 1270. The molecule has 2 amide bonds. The number of amides is 2. The van der Waals surface area contributed by atoms with E-state index in [2.05, 4.69) is 20.8 Å². The summed E-state index contributed by atoms with van der Waals surface area (Å²) in [4.78, 5) is 24.9. The summed E-state index contributed by atoms with van der Waals surface area (Å²) in [6.45, 7) is 2.56. The van der Waals surface area contributed by atoms with E-state index < -0.39 is 5.91 Å². The average molecular weight is 477 g/mol. The Hall–Kier alpha value is -4.11. The fourth-order valence-electron chi connectivity index (χ4n) is 2.96. The summed E-state index contributed by atoms with van der Waals surface area (Å²) in [5.74, 6) is -0.473. The highest BCUT2D eigenvalue weighted by Gasteiger charge is 2.14. The summed E-state index contributed by atoms with van der Waals surface area (Å²) in [6, 6.07) is 20.1. The largest absolute Gasteiger partial charge is 0.486 e. The predicted octanol–water partition coefficient (Wildman–Crippen LogP) is 4.75. The average Bonchev–Trinajstić information content (AvgIpc) is 3.33. The van der Waals surface area contributed by atoms with E-state index in [1.807, 2.05) is 31.2 Å². The van der Waals surface area contributed by atoms with E-state index >= 15 is 0 Å². The van der Waals surface area contributed by atoms with Gasteiger partial charge in [-0.05, 0) is 61.0 Å². The number of rotatable bonds is 8. The zero-order chi connectivity index (χ0) is 23.9. The topological polar surface area (TPSA) is 93.2 Å². The standard InChI is InChI=1S/C25H21FN4O3S/c1-16-2-4-17(5-3-16)14-27-23(31)18-6-10-20(11-7-18)28-24(32)25-30-29-22(34-25)15-33-21-12-8-19(26)9-13-21/h2-13H,14-15H2,1H3,(H,27,31)(H,28,32). The summed E-state index contributed by atoms with van der Waals surface area (Å²) in [5, 5.41) is 14.2. The molecule has 4 aromatic rings. The predicted molar refractivity (Wildman–Crippen MR) is 127 cm³/mol. The minimum absolute atomic E-state index is 0.114. The van der Waals surface area contributed by atoms with Crippen LogP contribution >= 0.6 is 11.3 Å². The first kappa shape index (κ1) is 23.1. The van der Waals surface area contributed by atoms with Crippen molar-refractivity contribution in [3.63, 3.8) is 0 Å². The van der Waals surface area contributed by atoms with E-state index in [0.717, 1.165) is 22.5 Å². The second kappa shape index (κ2) is 10.7. The smallest absolute Gasteiger partial charge is 0.286 e. The van der Waals surface area contributed by atoms with Gasteiger partial charge in [0.25, 0.3) is 11.8 Å². The molecule has 0 aliphatic heterocycles. The molecule has 0 unspecified atom stereocenters. The number of aromatic nitrogens is 2. The first-order chi connectivity index (χ1) is 16.5. The molecular weight excluding hydrogens is 455 g/mol. The van der Waals surface area contributed by atoms with Gasteiger partial charge in [-0.2, -0.15) is 0 Å². The van der Waals surface area contributed by atoms with Crippen molar-refractivity contribution < 1.29 is 18.7 Å². The van der Waals surface area contributed by atoms with Gasteiger partial charge < -0.3 is 15.4 Å². The highest BCUT2D eigenvalue weighted by molar-refractivity contribution is 7.13. The zero-order valence-electron chi connectivity index (χ0n) is 18.2. The molecule has 9 heteroatoms. The maximum absolute atomic E-state index is 13.0. The molecule has 0 bridgehead atoms. The summed E-state index contributed by atoms with van der Waals surface area (Å²) in [6.07, 6.45) is 0. The third-order valence-electron chi connectivity index (χ3n) is 4.82. The van der Waals surface area contributed by atoms with Crippen molar-refractivity contribution in [3.8, 4) is 5.75 Å². The van der Waals surface area contributed by atoms with Crippen molar-refractivity contribution in [1.82, 2.24) is 15.5 Å². The van der Waals surface area contributed by atoms with Crippen molar-refractivity contribution in [2.24, 2.45) is 0 Å². The van der Waals surface area contributed by atoms with Crippen molar-refractivity contribution in [2.45, 2.75) is 20.1 Å². The van der Waals surface area contributed by atoms with Gasteiger partial charge in [0.15, 0.2) is 5.01 Å². The Labute approximate surface area is 199 Å². The third-order valence-corrected chi connectivity index (χ3v) is 5.71. The number of benzene rings is 3. The number of ether oxygens (including phenoxy) is 1. The van der Waals surface area contributed by atoms with E-state index in [-0.39, 0.29) is 23.3 Å². The first-order valence-corrected chi connectivity index (χ1v) is 11.2. The van der Waals surface area contributed by atoms with Crippen LogP contribution in [-0.2, 0) is 13.2 Å². The molecule has 34 heavy (non-hydrogen) atoms. The molecule has 1 aromatic heterocycles. The fraction of sp³-hybridized carbons (Fsp3) is 0.120. The van der Waals surface area contributed by atoms with Crippen LogP contribution < -0.4 is 15.4 Å². The molecule has 0 atom stereocenters. The lowest BCUT2D eigenvalue weighted by atomic mass is 10.1. The molecule has 0 saturated heterocycles. The number of aryl methyl sites for hydroxylation is 1. The van der Waals surface area contributed by atoms with E-state index in [4.69, 9.17) is 4.74 Å². The van der Waals surface area contributed by atoms with Crippen LogP contribution in [-0.4, -0.2) is 22.0 Å². The highest BCUT2D eigenvalue weighted by Crippen LogP contribution is 2.17. The van der Waals surface area contributed by atoms with E-state index in [1.54, 1.807) is 24.3 Å². The van der Waals surface area contributed by atoms with Gasteiger partial charge in [0.1, 0.15) is 18.2 Å². The number of nitrogens with one attached hydrogen (secondary N) is 2. The number of hydrogen-bond acceptors (Lipinski definition) is 6. The van der Waals surface area contributed by atoms with Crippen LogP contribution in [0.4, 0.5) is 10.1 Å². The molecule has 0 radical (unpaired) electrons. The quantitative estimate of drug-likeness (QED) is 0.383. The Morgan fingerprint density at radius 3 is 2.32 bits per heavy atom. The van der Waals surface area contributed by atoms with Crippen LogP contribution in [0.25, 0.3) is 0 Å². The summed E-state index contributed by atoms with van der Waals surface area (Å²) >= 11 is 1.10. The molecule has 0 spiro atoms. The van der Waals surface area contributed by atoms with Crippen molar-refractivity contribution in [2.75, 3.05) is 5.32 Å². The lowest BCUT2D eigenvalue weighted by Gasteiger charge is -2.07. The highest BCUT2D eigenvalue weighted by atomic mass is 32.1. The molecule has 172 valence electrons. The van der Waals surface area contributed by atoms with Gasteiger partial charge in [-0.3, -0.25) is 9.59 Å². The molecular formula is C25H21FN4O3S. The van der Waals surface area contributed by atoms with Crippen LogP contribution in [0.3, 0.4) is 0 Å². The SMILES string of the molecule is Cc1ccc(CNC(=O)c2ccc(NC(=O)c3nnc(COc4ccc(F)cc4)s3)cc2)cc1. The maximum Gasteiger partial charge on any atom is 0.286 e. The van der Waals surface area contributed by atoms with Crippen molar-refractivity contribution in [1.29, 1.82) is 0 Å². The second-order valence-electron chi connectivity index (χ2n) is 7.44. The number of carbonyl (C=O) groups is 2. The normalized spacial score (nSPS) is 10.5. The van der Waals surface area contributed by atoms with Crippen LogP contribution in [0.5, 0.6) is 5.75 Å². The Kier molecular flexibility index (Phi) is 7.24. The van der Waals surface area contributed by atoms with Crippen LogP contribution in [0.1, 0.15) is 36.3 Å². The Morgan fingerprint density at radius 2 is 1.62 bits per heavy atom. The number of carbonyl (C=O) groups excluding carboxylic acids is 2. The molecule has 4 rings (SSSR count). The third kappa shape index (κ3) is 6.23. The second-order valence-corrected chi connectivity index (χ2v) is 8.51. The molecule has 0 fully saturated rings. The zero-order valence-corrected chi connectivity index (χ0v) is 19.1. The van der Waals surface area contributed by atoms with Gasteiger partial charge in [0.2, 0.25) is 5.01 Å². The number of hydrogen-bond donors (Lipinski definition) is 2. The molecule has 2 N–H and O–H groups in total. The summed E-state index contributed by atoms with van der Waals surface area (Å²) in [7, 11) is 0. The van der Waals surface area contributed by atoms with Crippen LogP contribution in [0.2, 0.25) is 0 Å². The molecule has 3 aromatic carbocycles. The monoisotopic (exact) mass is 476 g/mol. The molecule has 1 heterocycles. The van der Waals surface area contributed by atoms with Crippen molar-refractivity contribution >= 4 is 28.8 Å². The summed E-state index contributed by atoms with van der Waals surface area (Å²) in [5.41, 5.74) is 3.19.